The number of methoxy groups -OCH3 is 1. The predicted molar refractivity (Wildman–Crippen MR) is 106 cm³/mol. The Hall–Kier alpha value is -3.87. The minimum Gasteiger partial charge on any atom is -0.493 e. The molecule has 4 aromatic rings. The van der Waals surface area contributed by atoms with Gasteiger partial charge in [-0.2, -0.15) is 0 Å². The van der Waals surface area contributed by atoms with Crippen LogP contribution >= 0.6 is 0 Å². The van der Waals surface area contributed by atoms with E-state index in [2.05, 4.69) is 9.97 Å². The minimum atomic E-state index is -0.429. The number of non-ortho nitro benzene ring substituents is 1. The van der Waals surface area contributed by atoms with Crippen LogP contribution in [-0.2, 0) is 6.61 Å². The normalized spacial score (nSPS) is 10.8. The Morgan fingerprint density at radius 2 is 1.86 bits per heavy atom. The molecule has 0 radical (unpaired) electrons. The SMILES string of the molecule is COc1cc(-c2nc3ccc([N+](=O)[O-])cc3[nH]2)ccc1OCc1ccccc1. The average Bonchev–Trinajstić information content (AvgIpc) is 3.16. The summed E-state index contributed by atoms with van der Waals surface area (Å²) in [5, 5.41) is 10.9. The summed E-state index contributed by atoms with van der Waals surface area (Å²) in [6.45, 7) is 0.435. The van der Waals surface area contributed by atoms with Crippen molar-refractivity contribution in [2.45, 2.75) is 6.61 Å². The molecule has 0 aliphatic heterocycles. The molecule has 0 saturated heterocycles. The predicted octanol–water partition coefficient (Wildman–Crippen LogP) is 4.73. The molecule has 0 bridgehead atoms. The molecule has 3 aromatic carbocycles. The molecule has 0 amide bonds. The summed E-state index contributed by atoms with van der Waals surface area (Å²) in [6, 6.07) is 19.9. The number of imidazole rings is 1. The third kappa shape index (κ3) is 3.50. The molecule has 0 fully saturated rings. The number of benzene rings is 3. The van der Waals surface area contributed by atoms with Gasteiger partial charge >= 0.3 is 0 Å². The van der Waals surface area contributed by atoms with Crippen molar-refractivity contribution in [3.05, 3.63) is 82.4 Å². The van der Waals surface area contributed by atoms with Crippen LogP contribution in [0, 0.1) is 10.1 Å². The summed E-state index contributed by atoms with van der Waals surface area (Å²) in [5.41, 5.74) is 3.14. The van der Waals surface area contributed by atoms with E-state index in [9.17, 15) is 10.1 Å². The lowest BCUT2D eigenvalue weighted by atomic mass is 10.2. The summed E-state index contributed by atoms with van der Waals surface area (Å²) in [5.74, 6) is 1.81. The summed E-state index contributed by atoms with van der Waals surface area (Å²) in [6.07, 6.45) is 0. The Labute approximate surface area is 160 Å². The van der Waals surface area contributed by atoms with Crippen LogP contribution in [0.1, 0.15) is 5.56 Å². The highest BCUT2D eigenvalue weighted by Gasteiger charge is 2.13. The molecule has 0 aliphatic carbocycles. The van der Waals surface area contributed by atoms with Crippen LogP contribution in [0.2, 0.25) is 0 Å². The third-order valence-electron chi connectivity index (χ3n) is 4.35. The molecule has 140 valence electrons. The van der Waals surface area contributed by atoms with Crippen molar-refractivity contribution >= 4 is 16.7 Å². The van der Waals surface area contributed by atoms with E-state index in [0.29, 0.717) is 35.0 Å². The van der Waals surface area contributed by atoms with Gasteiger partial charge in [-0.15, -0.1) is 0 Å². The van der Waals surface area contributed by atoms with Crippen LogP contribution in [0.3, 0.4) is 0 Å². The Morgan fingerprint density at radius 3 is 2.61 bits per heavy atom. The minimum absolute atomic E-state index is 0.0185. The summed E-state index contributed by atoms with van der Waals surface area (Å²) < 4.78 is 11.3. The molecule has 0 unspecified atom stereocenters. The lowest BCUT2D eigenvalue weighted by Gasteiger charge is -2.11. The second-order valence-corrected chi connectivity index (χ2v) is 6.18. The first-order chi connectivity index (χ1) is 13.6. The van der Waals surface area contributed by atoms with E-state index in [4.69, 9.17) is 9.47 Å². The number of nitrogens with zero attached hydrogens (tertiary/aromatic N) is 2. The third-order valence-corrected chi connectivity index (χ3v) is 4.35. The maximum absolute atomic E-state index is 10.9. The largest absolute Gasteiger partial charge is 0.493 e. The molecule has 0 atom stereocenters. The van der Waals surface area contributed by atoms with Crippen molar-refractivity contribution in [1.82, 2.24) is 9.97 Å². The molecule has 28 heavy (non-hydrogen) atoms. The van der Waals surface area contributed by atoms with Gasteiger partial charge in [0.1, 0.15) is 12.4 Å². The van der Waals surface area contributed by atoms with Crippen molar-refractivity contribution in [2.24, 2.45) is 0 Å². The Kier molecular flexibility index (Phi) is 4.63. The van der Waals surface area contributed by atoms with Crippen molar-refractivity contribution < 1.29 is 14.4 Å². The van der Waals surface area contributed by atoms with Gasteiger partial charge < -0.3 is 14.5 Å². The Morgan fingerprint density at radius 1 is 1.04 bits per heavy atom. The smallest absolute Gasteiger partial charge is 0.271 e. The van der Waals surface area contributed by atoms with Crippen molar-refractivity contribution in [3.63, 3.8) is 0 Å². The first-order valence-corrected chi connectivity index (χ1v) is 8.63. The zero-order valence-corrected chi connectivity index (χ0v) is 15.1. The molecule has 1 N–H and O–H groups in total. The van der Waals surface area contributed by atoms with Gasteiger partial charge in [-0.25, -0.2) is 4.98 Å². The van der Waals surface area contributed by atoms with Gasteiger partial charge in [-0.1, -0.05) is 30.3 Å². The fourth-order valence-corrected chi connectivity index (χ4v) is 2.92. The highest BCUT2D eigenvalue weighted by Crippen LogP contribution is 2.33. The van der Waals surface area contributed by atoms with E-state index in [1.165, 1.54) is 12.1 Å². The average molecular weight is 375 g/mol. The number of nitrogens with one attached hydrogen (secondary N) is 1. The topological polar surface area (TPSA) is 90.3 Å². The van der Waals surface area contributed by atoms with Gasteiger partial charge in [0.2, 0.25) is 0 Å². The number of aromatic amines is 1. The number of ether oxygens (including phenoxy) is 2. The molecule has 1 heterocycles. The first-order valence-electron chi connectivity index (χ1n) is 8.63. The van der Waals surface area contributed by atoms with Crippen LogP contribution < -0.4 is 9.47 Å². The Bertz CT molecular complexity index is 1140. The van der Waals surface area contributed by atoms with Gasteiger partial charge in [0.25, 0.3) is 5.69 Å². The fourth-order valence-electron chi connectivity index (χ4n) is 2.92. The molecule has 1 aromatic heterocycles. The van der Waals surface area contributed by atoms with Crippen molar-refractivity contribution in [1.29, 1.82) is 0 Å². The molecule has 7 nitrogen and oxygen atoms in total. The van der Waals surface area contributed by atoms with E-state index >= 15 is 0 Å². The van der Waals surface area contributed by atoms with E-state index in [1.54, 1.807) is 13.2 Å². The molecule has 0 aliphatic rings. The number of nitro benzene ring substituents is 1. The molecular weight excluding hydrogens is 358 g/mol. The van der Waals surface area contributed by atoms with E-state index in [0.717, 1.165) is 11.1 Å². The lowest BCUT2D eigenvalue weighted by molar-refractivity contribution is -0.384. The van der Waals surface area contributed by atoms with Gasteiger partial charge in [-0.3, -0.25) is 10.1 Å². The standard InChI is InChI=1S/C21H17N3O4/c1-27-20-11-15(7-10-19(20)28-13-14-5-3-2-4-6-14)21-22-17-9-8-16(24(25)26)12-18(17)23-21/h2-12H,13H2,1H3,(H,22,23). The number of hydrogen-bond acceptors (Lipinski definition) is 5. The molecule has 0 saturated carbocycles. The summed E-state index contributed by atoms with van der Waals surface area (Å²) >= 11 is 0. The number of H-pyrrole nitrogens is 1. The van der Waals surface area contributed by atoms with E-state index in [1.807, 2.05) is 48.5 Å². The maximum Gasteiger partial charge on any atom is 0.271 e. The van der Waals surface area contributed by atoms with Crippen molar-refractivity contribution in [2.75, 3.05) is 7.11 Å². The number of rotatable bonds is 6. The van der Waals surface area contributed by atoms with Gasteiger partial charge in [-0.05, 0) is 29.8 Å². The fraction of sp³-hybridized carbons (Fsp3) is 0.0952. The van der Waals surface area contributed by atoms with E-state index < -0.39 is 4.92 Å². The van der Waals surface area contributed by atoms with Crippen LogP contribution in [0.25, 0.3) is 22.4 Å². The number of nitro groups is 1. The zero-order valence-electron chi connectivity index (χ0n) is 15.1. The van der Waals surface area contributed by atoms with Crippen LogP contribution in [0.4, 0.5) is 5.69 Å². The van der Waals surface area contributed by atoms with Crippen LogP contribution in [0.15, 0.2) is 66.7 Å². The highest BCUT2D eigenvalue weighted by atomic mass is 16.6. The van der Waals surface area contributed by atoms with Crippen molar-refractivity contribution in [3.8, 4) is 22.9 Å². The van der Waals surface area contributed by atoms with E-state index in [-0.39, 0.29) is 5.69 Å². The molecule has 7 heteroatoms. The summed E-state index contributed by atoms with van der Waals surface area (Å²) in [4.78, 5) is 18.1. The number of fused-ring (bicyclic) bond motifs is 1. The van der Waals surface area contributed by atoms with Gasteiger partial charge in [0, 0.05) is 17.7 Å². The number of hydrogen-bond donors (Lipinski definition) is 1. The van der Waals surface area contributed by atoms with Crippen LogP contribution in [-0.4, -0.2) is 22.0 Å². The highest BCUT2D eigenvalue weighted by molar-refractivity contribution is 5.81. The zero-order chi connectivity index (χ0) is 19.5. The molecular formula is C21H17N3O4. The van der Waals surface area contributed by atoms with Gasteiger partial charge in [0.15, 0.2) is 11.5 Å². The Balaban J connectivity index is 1.61. The van der Waals surface area contributed by atoms with Crippen LogP contribution in [0.5, 0.6) is 11.5 Å². The number of aromatic nitrogens is 2. The first kappa shape index (κ1) is 17.5. The maximum atomic E-state index is 10.9. The van der Waals surface area contributed by atoms with Gasteiger partial charge in [0.05, 0.1) is 23.1 Å². The monoisotopic (exact) mass is 375 g/mol. The second kappa shape index (κ2) is 7.40. The second-order valence-electron chi connectivity index (χ2n) is 6.18. The lowest BCUT2D eigenvalue weighted by Crippen LogP contribution is -1.98. The molecule has 4 rings (SSSR count). The summed E-state index contributed by atoms with van der Waals surface area (Å²) in [7, 11) is 1.58. The molecule has 0 spiro atoms. The quantitative estimate of drug-likeness (QED) is 0.389.